The van der Waals surface area contributed by atoms with Crippen LogP contribution in [0.3, 0.4) is 0 Å². The molecule has 20 heavy (non-hydrogen) atoms. The maximum absolute atomic E-state index is 12.3. The van der Waals surface area contributed by atoms with Gasteiger partial charge in [0.15, 0.2) is 0 Å². The van der Waals surface area contributed by atoms with Crippen LogP contribution in [0.1, 0.15) is 14.5 Å². The van der Waals surface area contributed by atoms with E-state index in [9.17, 15) is 13.2 Å². The molecule has 9 heteroatoms. The molecule has 0 spiro atoms. The molecule has 1 aromatic rings. The van der Waals surface area contributed by atoms with Crippen molar-refractivity contribution in [2.24, 2.45) is 0 Å². The Balaban J connectivity index is 2.16. The first-order valence-corrected chi connectivity index (χ1v) is 8.39. The van der Waals surface area contributed by atoms with Gasteiger partial charge in [-0.25, -0.2) is 18.2 Å². The van der Waals surface area contributed by atoms with Crippen molar-refractivity contribution in [1.29, 1.82) is 0 Å². The smallest absolute Gasteiger partial charge is 0.345 e. The van der Waals surface area contributed by atoms with Gasteiger partial charge in [0.05, 0.1) is 4.90 Å². The highest BCUT2D eigenvalue weighted by Crippen LogP contribution is 2.25. The SMILES string of the molecule is Cc1sc(C(=O)O)cc1S(=O)(=O)NN1CCN(C)CC1. The molecule has 0 atom stereocenters. The van der Waals surface area contributed by atoms with Gasteiger partial charge in [0.25, 0.3) is 10.0 Å². The van der Waals surface area contributed by atoms with Crippen LogP contribution >= 0.6 is 11.3 Å². The van der Waals surface area contributed by atoms with Crippen molar-refractivity contribution < 1.29 is 18.3 Å². The Morgan fingerprint density at radius 2 is 1.95 bits per heavy atom. The minimum atomic E-state index is -3.72. The fraction of sp³-hybridized carbons (Fsp3) is 0.545. The minimum Gasteiger partial charge on any atom is -0.477 e. The van der Waals surface area contributed by atoms with Crippen LogP contribution in [0.4, 0.5) is 0 Å². The van der Waals surface area contributed by atoms with Crippen LogP contribution in [0.5, 0.6) is 0 Å². The summed E-state index contributed by atoms with van der Waals surface area (Å²) in [7, 11) is -1.74. The third-order valence-electron chi connectivity index (χ3n) is 3.13. The predicted molar refractivity (Wildman–Crippen MR) is 75.4 cm³/mol. The van der Waals surface area contributed by atoms with E-state index in [-0.39, 0.29) is 9.77 Å². The van der Waals surface area contributed by atoms with Crippen molar-refractivity contribution >= 4 is 27.3 Å². The van der Waals surface area contributed by atoms with E-state index < -0.39 is 16.0 Å². The molecule has 2 heterocycles. The number of aromatic carboxylic acids is 1. The van der Waals surface area contributed by atoms with E-state index in [2.05, 4.69) is 9.73 Å². The number of hydrazine groups is 1. The van der Waals surface area contributed by atoms with Crippen LogP contribution in [-0.4, -0.2) is 62.6 Å². The van der Waals surface area contributed by atoms with E-state index in [4.69, 9.17) is 5.11 Å². The van der Waals surface area contributed by atoms with Gasteiger partial charge in [-0.15, -0.1) is 16.2 Å². The van der Waals surface area contributed by atoms with Gasteiger partial charge in [0.2, 0.25) is 0 Å². The van der Waals surface area contributed by atoms with Gasteiger partial charge in [0.1, 0.15) is 4.88 Å². The lowest BCUT2D eigenvalue weighted by Crippen LogP contribution is -2.52. The summed E-state index contributed by atoms with van der Waals surface area (Å²) < 4.78 is 24.6. The topological polar surface area (TPSA) is 89.9 Å². The second-order valence-corrected chi connectivity index (χ2v) is 7.61. The lowest BCUT2D eigenvalue weighted by molar-refractivity contribution is 0.0702. The Morgan fingerprint density at radius 1 is 1.35 bits per heavy atom. The molecule has 0 bridgehead atoms. The Labute approximate surface area is 121 Å². The van der Waals surface area contributed by atoms with Crippen molar-refractivity contribution in [2.75, 3.05) is 33.2 Å². The van der Waals surface area contributed by atoms with Gasteiger partial charge in [-0.1, -0.05) is 0 Å². The van der Waals surface area contributed by atoms with E-state index in [1.807, 2.05) is 7.05 Å². The molecule has 7 nitrogen and oxygen atoms in total. The van der Waals surface area contributed by atoms with Crippen LogP contribution in [-0.2, 0) is 10.0 Å². The molecule has 1 aliphatic heterocycles. The van der Waals surface area contributed by atoms with Gasteiger partial charge in [-0.3, -0.25) is 0 Å². The number of aryl methyl sites for hydroxylation is 1. The zero-order chi connectivity index (χ0) is 14.9. The molecule has 2 rings (SSSR count). The molecule has 0 radical (unpaired) electrons. The molecule has 112 valence electrons. The number of piperazine rings is 1. The maximum atomic E-state index is 12.3. The molecule has 1 saturated heterocycles. The first kappa shape index (κ1) is 15.4. The van der Waals surface area contributed by atoms with Crippen molar-refractivity contribution in [1.82, 2.24) is 14.7 Å². The number of thiophene rings is 1. The summed E-state index contributed by atoms with van der Waals surface area (Å²) in [6, 6.07) is 1.21. The van der Waals surface area contributed by atoms with Crippen LogP contribution < -0.4 is 4.83 Å². The van der Waals surface area contributed by atoms with Crippen LogP contribution in [0.15, 0.2) is 11.0 Å². The number of sulfonamides is 1. The second-order valence-electron chi connectivity index (χ2n) is 4.72. The quantitative estimate of drug-likeness (QED) is 0.824. The molecular formula is C11H17N3O4S2. The Morgan fingerprint density at radius 3 is 2.45 bits per heavy atom. The molecule has 0 aliphatic carbocycles. The van der Waals surface area contributed by atoms with Crippen LogP contribution in [0, 0.1) is 6.92 Å². The predicted octanol–water partition coefficient (Wildman–Crippen LogP) is 0.195. The largest absolute Gasteiger partial charge is 0.477 e. The first-order chi connectivity index (χ1) is 9.29. The average molecular weight is 319 g/mol. The molecule has 1 fully saturated rings. The summed E-state index contributed by atoms with van der Waals surface area (Å²) in [5, 5.41) is 10.6. The Kier molecular flexibility index (Phi) is 4.45. The highest BCUT2D eigenvalue weighted by Gasteiger charge is 2.25. The number of hydrogen-bond acceptors (Lipinski definition) is 6. The number of rotatable bonds is 4. The first-order valence-electron chi connectivity index (χ1n) is 6.09. The van der Waals surface area contributed by atoms with Gasteiger partial charge >= 0.3 is 5.97 Å². The van der Waals surface area contributed by atoms with E-state index >= 15 is 0 Å². The fourth-order valence-electron chi connectivity index (χ4n) is 1.95. The molecular weight excluding hydrogens is 302 g/mol. The van der Waals surface area contributed by atoms with Gasteiger partial charge in [0, 0.05) is 31.1 Å². The van der Waals surface area contributed by atoms with Crippen molar-refractivity contribution in [2.45, 2.75) is 11.8 Å². The molecule has 0 amide bonds. The maximum Gasteiger partial charge on any atom is 0.345 e. The summed E-state index contributed by atoms with van der Waals surface area (Å²) in [4.78, 5) is 16.1. The lowest BCUT2D eigenvalue weighted by atomic mass is 10.4. The van der Waals surface area contributed by atoms with Crippen LogP contribution in [0.25, 0.3) is 0 Å². The zero-order valence-electron chi connectivity index (χ0n) is 11.3. The Bertz CT molecular complexity index is 603. The van der Waals surface area contributed by atoms with Gasteiger partial charge in [-0.2, -0.15) is 0 Å². The van der Waals surface area contributed by atoms with Gasteiger partial charge in [-0.05, 0) is 20.0 Å². The second kappa shape index (κ2) is 5.78. The summed E-state index contributed by atoms with van der Waals surface area (Å²) in [5.41, 5.74) is 0. The average Bonchev–Trinajstić information content (AvgIpc) is 2.75. The van der Waals surface area contributed by atoms with Crippen molar-refractivity contribution in [3.05, 3.63) is 15.8 Å². The molecule has 0 saturated carbocycles. The lowest BCUT2D eigenvalue weighted by Gasteiger charge is -2.32. The van der Waals surface area contributed by atoms with E-state index in [1.165, 1.54) is 6.07 Å². The number of carboxylic acid groups (broad SMARTS) is 1. The molecule has 2 N–H and O–H groups in total. The van der Waals surface area contributed by atoms with Crippen molar-refractivity contribution in [3.8, 4) is 0 Å². The molecule has 1 aliphatic rings. The third kappa shape index (κ3) is 3.36. The Hall–Kier alpha value is -1.00. The zero-order valence-corrected chi connectivity index (χ0v) is 12.9. The van der Waals surface area contributed by atoms with Crippen LogP contribution in [0.2, 0.25) is 0 Å². The van der Waals surface area contributed by atoms with Crippen molar-refractivity contribution in [3.63, 3.8) is 0 Å². The van der Waals surface area contributed by atoms with Gasteiger partial charge < -0.3 is 10.0 Å². The normalized spacial score (nSPS) is 18.3. The molecule has 0 unspecified atom stereocenters. The number of hydrogen-bond donors (Lipinski definition) is 2. The fourth-order valence-corrected chi connectivity index (χ4v) is 4.51. The third-order valence-corrected chi connectivity index (χ3v) is 5.79. The van der Waals surface area contributed by atoms with E-state index in [0.717, 1.165) is 24.4 Å². The summed E-state index contributed by atoms with van der Waals surface area (Å²) in [6.07, 6.45) is 0. The summed E-state index contributed by atoms with van der Waals surface area (Å²) >= 11 is 0.966. The standard InChI is InChI=1S/C11H17N3O4S2/c1-8-10(7-9(19-8)11(15)16)20(17,18)12-14-5-3-13(2)4-6-14/h7,12H,3-6H2,1-2H3,(H,15,16). The number of nitrogens with zero attached hydrogens (tertiary/aromatic N) is 2. The molecule has 1 aromatic heterocycles. The summed E-state index contributed by atoms with van der Waals surface area (Å²) in [6.45, 7) is 4.38. The minimum absolute atomic E-state index is 0.0289. The highest BCUT2D eigenvalue weighted by molar-refractivity contribution is 7.89. The summed E-state index contributed by atoms with van der Waals surface area (Å²) in [5.74, 6) is -1.11. The number of carbonyl (C=O) groups is 1. The van der Waals surface area contributed by atoms with E-state index in [0.29, 0.717) is 18.0 Å². The monoisotopic (exact) mass is 319 g/mol. The number of carboxylic acids is 1. The van der Waals surface area contributed by atoms with E-state index in [1.54, 1.807) is 11.9 Å². The molecule has 0 aromatic carbocycles. The number of nitrogens with one attached hydrogen (secondary N) is 1. The highest BCUT2D eigenvalue weighted by atomic mass is 32.2. The number of likely N-dealkylation sites (N-methyl/N-ethyl adjacent to an activating group) is 1.